The standard InChI is InChI=1S/C40H46F5N7O8/c1-21-35(55)52-16-6-9-31(52)38(58)60-22(2)32(37(57)51-15-5-8-30(51)36(56)50-14-4-3-7-29(50)34(54)46-21)49-33(53)28(19-23-17-25(41)20-26(42)18-23)48-39(59)47-27-12-10-24(11-13-27)40(43,44)45/h10-13,17-18,20-22,28-32H,3-9,14-16,19H2,1-2H3,(H,46,54)(H,49,53)(H2,47,48,59)/t21-,22-,28-,29-,30-,31-,32-/m0/s1. The molecule has 324 valence electrons. The van der Waals surface area contributed by atoms with Crippen LogP contribution < -0.4 is 21.3 Å². The number of amides is 7. The van der Waals surface area contributed by atoms with E-state index in [0.29, 0.717) is 38.2 Å². The lowest BCUT2D eigenvalue weighted by Gasteiger charge is -2.39. The molecule has 15 nitrogen and oxygen atoms in total. The second-order valence-corrected chi connectivity index (χ2v) is 15.5. The Morgan fingerprint density at radius 2 is 1.37 bits per heavy atom. The maximum atomic E-state index is 14.6. The predicted molar refractivity (Wildman–Crippen MR) is 201 cm³/mol. The monoisotopic (exact) mass is 847 g/mol. The third-order valence-corrected chi connectivity index (χ3v) is 11.2. The van der Waals surface area contributed by atoms with Crippen LogP contribution in [0, 0.1) is 11.6 Å². The normalized spacial score (nSPS) is 26.1. The van der Waals surface area contributed by atoms with Crippen LogP contribution in [0.3, 0.4) is 0 Å². The molecule has 0 unspecified atom stereocenters. The lowest BCUT2D eigenvalue weighted by Crippen LogP contribution is -2.63. The Bertz CT molecular complexity index is 1980. The van der Waals surface area contributed by atoms with Crippen molar-refractivity contribution in [3.63, 3.8) is 0 Å². The molecule has 7 atom stereocenters. The van der Waals surface area contributed by atoms with Gasteiger partial charge >= 0.3 is 18.2 Å². The van der Waals surface area contributed by atoms with Gasteiger partial charge in [-0.1, -0.05) is 0 Å². The number of ether oxygens (including phenoxy) is 1. The lowest BCUT2D eigenvalue weighted by molar-refractivity contribution is -0.163. The number of anilines is 1. The van der Waals surface area contributed by atoms with Crippen molar-refractivity contribution in [2.45, 2.75) is 114 Å². The minimum atomic E-state index is -4.65. The van der Waals surface area contributed by atoms with E-state index in [0.717, 1.165) is 36.4 Å². The Hall–Kier alpha value is -5.82. The fraction of sp³-hybridized carbons (Fsp3) is 0.525. The third kappa shape index (κ3) is 9.95. The van der Waals surface area contributed by atoms with Crippen LogP contribution in [0.1, 0.15) is 69.9 Å². The van der Waals surface area contributed by atoms with Crippen LogP contribution in [0.2, 0.25) is 0 Å². The number of alkyl halides is 3. The van der Waals surface area contributed by atoms with Crippen molar-refractivity contribution in [3.05, 3.63) is 65.2 Å². The predicted octanol–water partition coefficient (Wildman–Crippen LogP) is 3.01. The van der Waals surface area contributed by atoms with Crippen LogP contribution in [0.15, 0.2) is 42.5 Å². The smallest absolute Gasteiger partial charge is 0.416 e. The molecule has 6 rings (SSSR count). The van der Waals surface area contributed by atoms with Crippen LogP contribution in [0.25, 0.3) is 0 Å². The number of urea groups is 1. The molecule has 7 amide bonds. The van der Waals surface area contributed by atoms with E-state index in [9.17, 15) is 55.5 Å². The fourth-order valence-corrected chi connectivity index (χ4v) is 8.23. The Morgan fingerprint density at radius 1 is 0.783 bits per heavy atom. The first-order valence-electron chi connectivity index (χ1n) is 19.8. The average molecular weight is 848 g/mol. The minimum Gasteiger partial charge on any atom is -0.458 e. The van der Waals surface area contributed by atoms with Gasteiger partial charge in [-0.05, 0) is 101 Å². The fourth-order valence-electron chi connectivity index (χ4n) is 8.23. The van der Waals surface area contributed by atoms with E-state index >= 15 is 0 Å². The molecule has 60 heavy (non-hydrogen) atoms. The van der Waals surface area contributed by atoms with Gasteiger partial charge in [0.15, 0.2) is 0 Å². The number of fused-ring (bicyclic) bond motifs is 3. The van der Waals surface area contributed by atoms with Gasteiger partial charge in [-0.3, -0.25) is 24.0 Å². The highest BCUT2D eigenvalue weighted by molar-refractivity contribution is 5.98. The number of rotatable bonds is 6. The zero-order chi connectivity index (χ0) is 43.5. The van der Waals surface area contributed by atoms with Gasteiger partial charge in [0.05, 0.1) is 5.56 Å². The molecule has 4 N–H and O–H groups in total. The molecule has 4 aliphatic rings. The zero-order valence-corrected chi connectivity index (χ0v) is 32.9. The van der Waals surface area contributed by atoms with Crippen molar-refractivity contribution in [2.24, 2.45) is 0 Å². The number of nitrogens with zero attached hydrogens (tertiary/aromatic N) is 3. The largest absolute Gasteiger partial charge is 0.458 e. The summed E-state index contributed by atoms with van der Waals surface area (Å²) in [7, 11) is 0. The van der Waals surface area contributed by atoms with E-state index in [2.05, 4.69) is 21.3 Å². The lowest BCUT2D eigenvalue weighted by atomic mass is 9.99. The number of halogens is 5. The number of carbonyl (C=O) groups excluding carboxylic acids is 7. The first-order chi connectivity index (χ1) is 28.4. The minimum absolute atomic E-state index is 0.0503. The molecule has 2 aromatic carbocycles. The summed E-state index contributed by atoms with van der Waals surface area (Å²) in [6, 6.07) is -2.92. The van der Waals surface area contributed by atoms with E-state index < -0.39 is 114 Å². The molecule has 4 fully saturated rings. The maximum Gasteiger partial charge on any atom is 0.416 e. The first-order valence-corrected chi connectivity index (χ1v) is 19.8. The number of hydrogen-bond acceptors (Lipinski definition) is 8. The van der Waals surface area contributed by atoms with Crippen LogP contribution in [-0.2, 0) is 46.1 Å². The quantitative estimate of drug-likeness (QED) is 0.253. The summed E-state index contributed by atoms with van der Waals surface area (Å²) < 4.78 is 73.8. The molecular weight excluding hydrogens is 801 g/mol. The van der Waals surface area contributed by atoms with Gasteiger partial charge in [0.2, 0.25) is 29.5 Å². The van der Waals surface area contributed by atoms with Crippen LogP contribution >= 0.6 is 0 Å². The van der Waals surface area contributed by atoms with Crippen LogP contribution in [-0.4, -0.2) is 118 Å². The van der Waals surface area contributed by atoms with Crippen molar-refractivity contribution in [3.8, 4) is 0 Å². The van der Waals surface area contributed by atoms with E-state index in [4.69, 9.17) is 4.74 Å². The van der Waals surface area contributed by atoms with E-state index in [1.807, 2.05) is 0 Å². The molecule has 0 saturated carbocycles. The summed E-state index contributed by atoms with van der Waals surface area (Å²) in [6.07, 6.45) is -3.96. The molecule has 0 radical (unpaired) electrons. The van der Waals surface area contributed by atoms with Gasteiger partial charge in [-0.25, -0.2) is 18.4 Å². The van der Waals surface area contributed by atoms with Gasteiger partial charge in [0, 0.05) is 37.8 Å². The average Bonchev–Trinajstić information content (AvgIpc) is 3.89. The summed E-state index contributed by atoms with van der Waals surface area (Å²) >= 11 is 0. The Kier molecular flexibility index (Phi) is 13.3. The maximum absolute atomic E-state index is 14.6. The number of esters is 1. The van der Waals surface area contributed by atoms with Crippen molar-refractivity contribution in [1.82, 2.24) is 30.7 Å². The van der Waals surface area contributed by atoms with Gasteiger partial charge in [-0.15, -0.1) is 0 Å². The molecule has 4 aliphatic heterocycles. The first kappa shape index (κ1) is 43.8. The zero-order valence-electron chi connectivity index (χ0n) is 32.9. The Morgan fingerprint density at radius 3 is 2.02 bits per heavy atom. The van der Waals surface area contributed by atoms with Crippen molar-refractivity contribution in [1.29, 1.82) is 0 Å². The number of nitrogens with one attached hydrogen (secondary N) is 4. The number of carbonyl (C=O) groups is 7. The molecule has 4 heterocycles. The second-order valence-electron chi connectivity index (χ2n) is 15.5. The molecule has 0 bridgehead atoms. The molecule has 0 aromatic heterocycles. The Labute approximate surface area is 341 Å². The van der Waals surface area contributed by atoms with Gasteiger partial charge in [0.1, 0.15) is 54.0 Å². The van der Waals surface area contributed by atoms with Crippen LogP contribution in [0.4, 0.5) is 32.4 Å². The molecule has 0 aliphatic carbocycles. The number of cyclic esters (lactones) is 1. The highest BCUT2D eigenvalue weighted by atomic mass is 19.4. The van der Waals surface area contributed by atoms with E-state index in [1.165, 1.54) is 28.5 Å². The number of benzene rings is 2. The van der Waals surface area contributed by atoms with Crippen molar-refractivity contribution >= 4 is 47.2 Å². The molecule has 2 aromatic rings. The molecule has 4 saturated heterocycles. The summed E-state index contributed by atoms with van der Waals surface area (Å²) in [6.45, 7) is 3.23. The SMILES string of the molecule is C[C@@H]1NC(=O)[C@@H]2CCCCN2C(=O)[C@@H]2CCCN2C(=O)[C@@H](NC(=O)[C@H](Cc2cc(F)cc(F)c2)NC(=O)Nc2ccc(C(F)(F)F)cc2)[C@H](C)OC(=O)[C@@H]2CCCN2C1=O. The van der Waals surface area contributed by atoms with Crippen molar-refractivity contribution in [2.75, 3.05) is 25.0 Å². The van der Waals surface area contributed by atoms with E-state index in [-0.39, 0.29) is 43.7 Å². The molecular formula is C40H46F5N7O8. The highest BCUT2D eigenvalue weighted by Gasteiger charge is 2.47. The summed E-state index contributed by atoms with van der Waals surface area (Å²) in [5.41, 5.74) is -1.19. The highest BCUT2D eigenvalue weighted by Crippen LogP contribution is 2.30. The van der Waals surface area contributed by atoms with Crippen molar-refractivity contribution < 1.29 is 60.3 Å². The van der Waals surface area contributed by atoms with E-state index in [1.54, 1.807) is 0 Å². The number of hydrogen-bond donors (Lipinski definition) is 4. The second kappa shape index (κ2) is 18.2. The van der Waals surface area contributed by atoms with Gasteiger partial charge < -0.3 is 40.7 Å². The Balaban J connectivity index is 1.32. The third-order valence-electron chi connectivity index (χ3n) is 11.2. The topological polar surface area (TPSA) is 187 Å². The summed E-state index contributed by atoms with van der Waals surface area (Å²) in [5, 5.41) is 9.88. The summed E-state index contributed by atoms with van der Waals surface area (Å²) in [5.74, 6) is -6.48. The number of piperidine rings is 1. The van der Waals surface area contributed by atoms with Gasteiger partial charge in [-0.2, -0.15) is 13.2 Å². The van der Waals surface area contributed by atoms with Gasteiger partial charge in [0.25, 0.3) is 0 Å². The summed E-state index contributed by atoms with van der Waals surface area (Å²) in [4.78, 5) is 101. The molecule has 0 spiro atoms. The molecule has 20 heteroatoms. The van der Waals surface area contributed by atoms with Crippen LogP contribution in [0.5, 0.6) is 0 Å².